The van der Waals surface area contributed by atoms with Crippen molar-refractivity contribution < 1.29 is 9.53 Å². The number of amides is 1. The fraction of sp³-hybridized carbons (Fsp3) is 0.160. The average molecular weight is 386 g/mol. The van der Waals surface area contributed by atoms with Crippen LogP contribution in [0.4, 0.5) is 11.4 Å². The minimum Gasteiger partial charge on any atom is -0.455 e. The third kappa shape index (κ3) is 5.48. The largest absolute Gasteiger partial charge is 0.455 e. The van der Waals surface area contributed by atoms with Gasteiger partial charge in [0.05, 0.1) is 11.7 Å². The van der Waals surface area contributed by atoms with E-state index in [2.05, 4.69) is 17.2 Å². The van der Waals surface area contributed by atoms with Crippen LogP contribution in [-0.2, 0) is 4.79 Å². The van der Waals surface area contributed by atoms with E-state index < -0.39 is 0 Å². The molecule has 0 heterocycles. The van der Waals surface area contributed by atoms with Crippen molar-refractivity contribution in [2.24, 2.45) is 0 Å². The average Bonchev–Trinajstić information content (AvgIpc) is 2.71. The highest BCUT2D eigenvalue weighted by molar-refractivity contribution is 5.89. The molecule has 3 aromatic carbocycles. The van der Waals surface area contributed by atoms with Gasteiger partial charge < -0.3 is 15.4 Å². The highest BCUT2D eigenvalue weighted by Crippen LogP contribution is 2.35. The topological polar surface area (TPSA) is 50.4 Å². The molecule has 0 unspecified atom stereocenters. The van der Waals surface area contributed by atoms with Gasteiger partial charge in [-0.15, -0.1) is 6.58 Å². The molecule has 0 aromatic heterocycles. The highest BCUT2D eigenvalue weighted by atomic mass is 16.5. The van der Waals surface area contributed by atoms with Crippen LogP contribution in [0.3, 0.4) is 0 Å². The van der Waals surface area contributed by atoms with E-state index in [-0.39, 0.29) is 11.9 Å². The molecule has 0 radical (unpaired) electrons. The van der Waals surface area contributed by atoms with Crippen LogP contribution in [0, 0.1) is 6.92 Å². The van der Waals surface area contributed by atoms with Gasteiger partial charge in [0.1, 0.15) is 5.75 Å². The Bertz CT molecular complexity index is 980. The molecule has 3 aromatic rings. The standard InChI is InChI=1S/C25H26N2O2/c1-4-9-22(21-10-5-6-11-23(21)26-19(3)28)27-24-12-7-8-13-25(24)29-20-16-14-18(2)15-17-20/h4-8,10-17,22,27H,1,9H2,2-3H3,(H,26,28)/t22-/m1/s1. The van der Waals surface area contributed by atoms with E-state index in [9.17, 15) is 4.79 Å². The van der Waals surface area contributed by atoms with Gasteiger partial charge in [0.15, 0.2) is 5.75 Å². The molecule has 0 saturated heterocycles. The lowest BCUT2D eigenvalue weighted by Crippen LogP contribution is -2.15. The molecule has 0 spiro atoms. The molecule has 0 saturated carbocycles. The molecule has 4 nitrogen and oxygen atoms in total. The van der Waals surface area contributed by atoms with Crippen LogP contribution in [0.1, 0.15) is 30.5 Å². The van der Waals surface area contributed by atoms with E-state index in [1.165, 1.54) is 12.5 Å². The first kappa shape index (κ1) is 20.2. The van der Waals surface area contributed by atoms with Gasteiger partial charge in [-0.2, -0.15) is 0 Å². The summed E-state index contributed by atoms with van der Waals surface area (Å²) in [6.45, 7) is 7.46. The van der Waals surface area contributed by atoms with Gasteiger partial charge in [-0.05, 0) is 49.2 Å². The number of nitrogens with one attached hydrogen (secondary N) is 2. The Morgan fingerprint density at radius 3 is 2.34 bits per heavy atom. The quantitative estimate of drug-likeness (QED) is 0.436. The summed E-state index contributed by atoms with van der Waals surface area (Å²) < 4.78 is 6.12. The molecule has 4 heteroatoms. The van der Waals surface area contributed by atoms with Crippen molar-refractivity contribution in [3.8, 4) is 11.5 Å². The minimum atomic E-state index is -0.0992. The molecule has 0 aliphatic heterocycles. The second kappa shape index (κ2) is 9.60. The lowest BCUT2D eigenvalue weighted by molar-refractivity contribution is -0.114. The summed E-state index contributed by atoms with van der Waals surface area (Å²) in [5, 5.41) is 6.48. The molecular weight excluding hydrogens is 360 g/mol. The Kier molecular flexibility index (Phi) is 6.69. The van der Waals surface area contributed by atoms with E-state index in [0.717, 1.165) is 28.4 Å². The molecule has 148 valence electrons. The van der Waals surface area contributed by atoms with E-state index in [0.29, 0.717) is 6.42 Å². The van der Waals surface area contributed by atoms with Crippen LogP contribution in [0.5, 0.6) is 11.5 Å². The van der Waals surface area contributed by atoms with Gasteiger partial charge in [0.2, 0.25) is 5.91 Å². The highest BCUT2D eigenvalue weighted by Gasteiger charge is 2.16. The lowest BCUT2D eigenvalue weighted by atomic mass is 10.0. The Balaban J connectivity index is 1.89. The summed E-state index contributed by atoms with van der Waals surface area (Å²) in [6, 6.07) is 23.5. The molecule has 0 aliphatic carbocycles. The Labute approximate surface area is 172 Å². The summed E-state index contributed by atoms with van der Waals surface area (Å²) in [4.78, 5) is 11.6. The Morgan fingerprint density at radius 2 is 1.66 bits per heavy atom. The van der Waals surface area contributed by atoms with Crippen molar-refractivity contribution in [1.29, 1.82) is 0 Å². The maximum atomic E-state index is 11.6. The SMILES string of the molecule is C=CC[C@@H](Nc1ccccc1Oc1ccc(C)cc1)c1ccccc1NC(C)=O. The molecule has 2 N–H and O–H groups in total. The van der Waals surface area contributed by atoms with Crippen LogP contribution < -0.4 is 15.4 Å². The van der Waals surface area contributed by atoms with E-state index in [1.54, 1.807) is 0 Å². The summed E-state index contributed by atoms with van der Waals surface area (Å²) in [5.74, 6) is 1.42. The van der Waals surface area contributed by atoms with Crippen molar-refractivity contribution in [2.45, 2.75) is 26.3 Å². The van der Waals surface area contributed by atoms with Gasteiger partial charge >= 0.3 is 0 Å². The van der Waals surface area contributed by atoms with Crippen LogP contribution in [0.15, 0.2) is 85.5 Å². The first-order valence-electron chi connectivity index (χ1n) is 9.64. The van der Waals surface area contributed by atoms with Crippen LogP contribution in [0.25, 0.3) is 0 Å². The number of anilines is 2. The fourth-order valence-corrected chi connectivity index (χ4v) is 3.13. The predicted octanol–water partition coefficient (Wildman–Crippen LogP) is 6.48. The number of ether oxygens (including phenoxy) is 1. The fourth-order valence-electron chi connectivity index (χ4n) is 3.13. The van der Waals surface area contributed by atoms with Gasteiger partial charge in [-0.1, -0.05) is 54.1 Å². The second-order valence-electron chi connectivity index (χ2n) is 6.90. The molecule has 0 fully saturated rings. The number of rotatable bonds is 8. The smallest absolute Gasteiger partial charge is 0.221 e. The first-order chi connectivity index (χ1) is 14.1. The minimum absolute atomic E-state index is 0.0710. The lowest BCUT2D eigenvalue weighted by Gasteiger charge is -2.23. The zero-order valence-electron chi connectivity index (χ0n) is 16.8. The zero-order chi connectivity index (χ0) is 20.6. The molecule has 0 bridgehead atoms. The summed E-state index contributed by atoms with van der Waals surface area (Å²) >= 11 is 0. The number of benzene rings is 3. The van der Waals surface area contributed by atoms with Gasteiger partial charge in [-0.25, -0.2) is 0 Å². The summed E-state index contributed by atoms with van der Waals surface area (Å²) in [6.07, 6.45) is 2.56. The first-order valence-corrected chi connectivity index (χ1v) is 9.64. The molecule has 29 heavy (non-hydrogen) atoms. The molecule has 3 rings (SSSR count). The van der Waals surface area contributed by atoms with Crippen molar-refractivity contribution in [3.63, 3.8) is 0 Å². The number of para-hydroxylation sites is 3. The van der Waals surface area contributed by atoms with Gasteiger partial charge in [0, 0.05) is 12.6 Å². The number of hydrogen-bond acceptors (Lipinski definition) is 3. The van der Waals surface area contributed by atoms with Gasteiger partial charge in [-0.3, -0.25) is 4.79 Å². The monoisotopic (exact) mass is 386 g/mol. The van der Waals surface area contributed by atoms with Crippen LogP contribution >= 0.6 is 0 Å². The third-order valence-electron chi connectivity index (χ3n) is 4.51. The van der Waals surface area contributed by atoms with Gasteiger partial charge in [0.25, 0.3) is 0 Å². The van der Waals surface area contributed by atoms with Crippen molar-refractivity contribution in [1.82, 2.24) is 0 Å². The Hall–Kier alpha value is -3.53. The zero-order valence-corrected chi connectivity index (χ0v) is 16.8. The molecule has 1 atom stereocenters. The summed E-state index contributed by atoms with van der Waals surface area (Å²) in [5.41, 5.74) is 3.84. The maximum Gasteiger partial charge on any atom is 0.221 e. The van der Waals surface area contributed by atoms with Crippen LogP contribution in [0.2, 0.25) is 0 Å². The van der Waals surface area contributed by atoms with E-state index >= 15 is 0 Å². The van der Waals surface area contributed by atoms with Crippen molar-refractivity contribution >= 4 is 17.3 Å². The van der Waals surface area contributed by atoms with E-state index in [1.807, 2.05) is 85.8 Å². The van der Waals surface area contributed by atoms with Crippen molar-refractivity contribution in [2.75, 3.05) is 10.6 Å². The molecular formula is C25H26N2O2. The Morgan fingerprint density at radius 1 is 1.00 bits per heavy atom. The number of aryl methyl sites for hydroxylation is 1. The number of carbonyl (C=O) groups excluding carboxylic acids is 1. The normalized spacial score (nSPS) is 11.4. The molecule has 1 amide bonds. The second-order valence-corrected chi connectivity index (χ2v) is 6.90. The van der Waals surface area contributed by atoms with E-state index in [4.69, 9.17) is 4.74 Å². The maximum absolute atomic E-state index is 11.6. The number of hydrogen-bond donors (Lipinski definition) is 2. The molecule has 0 aliphatic rings. The summed E-state index contributed by atoms with van der Waals surface area (Å²) in [7, 11) is 0. The number of carbonyl (C=O) groups is 1. The predicted molar refractivity (Wildman–Crippen MR) is 120 cm³/mol. The van der Waals surface area contributed by atoms with Crippen LogP contribution in [-0.4, -0.2) is 5.91 Å². The van der Waals surface area contributed by atoms with Crippen molar-refractivity contribution in [3.05, 3.63) is 96.6 Å². The third-order valence-corrected chi connectivity index (χ3v) is 4.51.